The number of carbonyl (C=O) groups is 3. The molecule has 3 amide bonds. The average Bonchev–Trinajstić information content (AvgIpc) is 3.65. The Morgan fingerprint density at radius 2 is 2.05 bits per heavy atom. The average molecular weight is 560 g/mol. The molecule has 1 aliphatic heterocycles. The van der Waals surface area contributed by atoms with E-state index >= 15 is 0 Å². The number of rotatable bonds is 10. The van der Waals surface area contributed by atoms with E-state index in [1.807, 2.05) is 0 Å². The molecule has 1 aliphatic rings. The molecule has 3 aromatic heterocycles. The number of guanidine groups is 1. The zero-order valence-electron chi connectivity index (χ0n) is 20.9. The number of thiazole rings is 1. The monoisotopic (exact) mass is 559 g/mol. The first-order valence-corrected chi connectivity index (χ1v) is 13.5. The Morgan fingerprint density at radius 1 is 1.24 bits per heavy atom. The van der Waals surface area contributed by atoms with E-state index in [4.69, 9.17) is 22.7 Å². The number of fused-ring (bicyclic) bond motifs is 1. The van der Waals surface area contributed by atoms with Gasteiger partial charge in [-0.3, -0.25) is 19.8 Å². The van der Waals surface area contributed by atoms with Crippen LogP contribution in [-0.4, -0.2) is 69.1 Å². The van der Waals surface area contributed by atoms with E-state index in [9.17, 15) is 14.4 Å². The topological polar surface area (TPSA) is 171 Å². The summed E-state index contributed by atoms with van der Waals surface area (Å²) in [5.41, 5.74) is 6.43. The number of imidazole rings is 1. The van der Waals surface area contributed by atoms with E-state index in [1.165, 1.54) is 18.4 Å². The SMILES string of the molecule is CNC(=O)[C@@H](CCCCNC(=N)N)NC(=O)c1csc([C@@H]2CCCN2C(=O)c2cn3cc(Cl)ccc3n2)n1. The Hall–Kier alpha value is -3.71. The number of nitrogens with two attached hydrogens (primary N) is 1. The van der Waals surface area contributed by atoms with Crippen LogP contribution in [0.1, 0.15) is 64.1 Å². The van der Waals surface area contributed by atoms with Gasteiger partial charge in [0.15, 0.2) is 5.96 Å². The lowest BCUT2D eigenvalue weighted by Gasteiger charge is -2.22. The third kappa shape index (κ3) is 6.40. The third-order valence-corrected chi connectivity index (χ3v) is 7.46. The number of amides is 3. The van der Waals surface area contributed by atoms with Crippen LogP contribution in [0.5, 0.6) is 0 Å². The summed E-state index contributed by atoms with van der Waals surface area (Å²) in [6.07, 6.45) is 6.67. The van der Waals surface area contributed by atoms with Crippen molar-refractivity contribution in [1.29, 1.82) is 5.41 Å². The largest absolute Gasteiger partial charge is 0.370 e. The van der Waals surface area contributed by atoms with Crippen molar-refractivity contribution in [2.24, 2.45) is 5.73 Å². The fourth-order valence-electron chi connectivity index (χ4n) is 4.40. The number of unbranched alkanes of at least 4 members (excludes halogenated alkanes) is 1. The Morgan fingerprint density at radius 3 is 2.82 bits per heavy atom. The normalized spacial score (nSPS) is 15.8. The standard InChI is InChI=1S/C24H30ClN9O3S/c1-28-20(35)15(5-2-3-9-29-24(26)27)31-21(36)17-13-38-22(32-17)18-6-4-10-34(18)23(37)16-12-33-11-14(25)7-8-19(33)30-16/h7-8,11-13,15,18H,2-6,9-10H2,1H3,(H,28,35)(H,31,36)(H4,26,27,29)/t15-,18+/m1/s1. The highest BCUT2D eigenvalue weighted by atomic mass is 35.5. The van der Waals surface area contributed by atoms with Gasteiger partial charge in [-0.05, 0) is 44.2 Å². The van der Waals surface area contributed by atoms with Crippen LogP contribution in [0, 0.1) is 5.41 Å². The molecule has 202 valence electrons. The fraction of sp³-hybridized carbons (Fsp3) is 0.417. The minimum absolute atomic E-state index is 0.105. The van der Waals surface area contributed by atoms with Crippen LogP contribution >= 0.6 is 22.9 Å². The summed E-state index contributed by atoms with van der Waals surface area (Å²) in [7, 11) is 1.52. The van der Waals surface area contributed by atoms with E-state index in [0.29, 0.717) is 53.7 Å². The van der Waals surface area contributed by atoms with Crippen LogP contribution in [0.3, 0.4) is 0 Å². The van der Waals surface area contributed by atoms with Crippen molar-refractivity contribution in [3.8, 4) is 0 Å². The number of hydrogen-bond acceptors (Lipinski definition) is 7. The molecule has 0 aromatic carbocycles. The van der Waals surface area contributed by atoms with Crippen molar-refractivity contribution < 1.29 is 14.4 Å². The molecule has 14 heteroatoms. The Kier molecular flexibility index (Phi) is 8.79. The van der Waals surface area contributed by atoms with Gasteiger partial charge < -0.3 is 31.0 Å². The van der Waals surface area contributed by atoms with Crippen molar-refractivity contribution in [3.63, 3.8) is 0 Å². The molecule has 6 N–H and O–H groups in total. The molecule has 4 heterocycles. The maximum Gasteiger partial charge on any atom is 0.274 e. The second-order valence-electron chi connectivity index (χ2n) is 8.94. The minimum Gasteiger partial charge on any atom is -0.370 e. The molecule has 0 radical (unpaired) electrons. The number of nitrogens with zero attached hydrogens (tertiary/aromatic N) is 4. The molecule has 4 rings (SSSR count). The molecule has 0 aliphatic carbocycles. The molecule has 1 fully saturated rings. The smallest absolute Gasteiger partial charge is 0.274 e. The minimum atomic E-state index is -0.719. The lowest BCUT2D eigenvalue weighted by atomic mass is 10.1. The zero-order chi connectivity index (χ0) is 27.2. The number of pyridine rings is 1. The number of aromatic nitrogens is 3. The maximum atomic E-state index is 13.3. The summed E-state index contributed by atoms with van der Waals surface area (Å²) in [4.78, 5) is 49.3. The predicted octanol–water partition coefficient (Wildman–Crippen LogP) is 1.92. The van der Waals surface area contributed by atoms with Gasteiger partial charge in [0.1, 0.15) is 28.1 Å². The Bertz CT molecular complexity index is 1340. The highest BCUT2D eigenvalue weighted by Gasteiger charge is 2.34. The fourth-order valence-corrected chi connectivity index (χ4v) is 5.51. The molecule has 0 unspecified atom stereocenters. The van der Waals surface area contributed by atoms with Gasteiger partial charge in [0.25, 0.3) is 11.8 Å². The van der Waals surface area contributed by atoms with Crippen LogP contribution in [0.4, 0.5) is 0 Å². The van der Waals surface area contributed by atoms with Gasteiger partial charge >= 0.3 is 0 Å². The van der Waals surface area contributed by atoms with E-state index < -0.39 is 11.9 Å². The number of hydrogen-bond donors (Lipinski definition) is 5. The highest BCUT2D eigenvalue weighted by molar-refractivity contribution is 7.09. The summed E-state index contributed by atoms with van der Waals surface area (Å²) in [6.45, 7) is 1.08. The molecule has 3 aromatic rings. The Labute approximate surface area is 228 Å². The van der Waals surface area contributed by atoms with Crippen LogP contribution in [0.2, 0.25) is 5.02 Å². The summed E-state index contributed by atoms with van der Waals surface area (Å²) in [5, 5.41) is 18.1. The molecule has 12 nitrogen and oxygen atoms in total. The van der Waals surface area contributed by atoms with Crippen molar-refractivity contribution in [2.75, 3.05) is 20.1 Å². The van der Waals surface area contributed by atoms with Crippen LogP contribution in [0.15, 0.2) is 29.9 Å². The molecule has 0 saturated carbocycles. The number of likely N-dealkylation sites (tertiary alicyclic amines) is 1. The van der Waals surface area contributed by atoms with Crippen molar-refractivity contribution in [2.45, 2.75) is 44.2 Å². The van der Waals surface area contributed by atoms with Gasteiger partial charge in [-0.2, -0.15) is 0 Å². The van der Waals surface area contributed by atoms with Crippen molar-refractivity contribution in [3.05, 3.63) is 51.3 Å². The molecule has 1 saturated heterocycles. The molecule has 0 spiro atoms. The molecule has 0 bridgehead atoms. The van der Waals surface area contributed by atoms with Gasteiger partial charge in [-0.1, -0.05) is 11.6 Å². The molecular weight excluding hydrogens is 530 g/mol. The van der Waals surface area contributed by atoms with Crippen LogP contribution in [-0.2, 0) is 4.79 Å². The lowest BCUT2D eigenvalue weighted by Crippen LogP contribution is -2.45. The van der Waals surface area contributed by atoms with E-state index in [2.05, 4.69) is 25.9 Å². The van der Waals surface area contributed by atoms with E-state index in [1.54, 1.807) is 39.2 Å². The number of halogens is 1. The van der Waals surface area contributed by atoms with Gasteiger partial charge in [0.05, 0.1) is 11.1 Å². The van der Waals surface area contributed by atoms with Gasteiger partial charge in [0.2, 0.25) is 5.91 Å². The van der Waals surface area contributed by atoms with E-state index in [0.717, 1.165) is 12.8 Å². The van der Waals surface area contributed by atoms with Crippen LogP contribution < -0.4 is 21.7 Å². The maximum absolute atomic E-state index is 13.3. The molecular formula is C24H30ClN9O3S. The van der Waals surface area contributed by atoms with Gasteiger partial charge in [0, 0.05) is 37.9 Å². The van der Waals surface area contributed by atoms with E-state index in [-0.39, 0.29) is 29.5 Å². The number of likely N-dealkylation sites (N-methyl/N-ethyl adjacent to an activating group) is 1. The van der Waals surface area contributed by atoms with Crippen molar-refractivity contribution in [1.82, 2.24) is 35.2 Å². The second kappa shape index (κ2) is 12.2. The summed E-state index contributed by atoms with van der Waals surface area (Å²) in [6, 6.07) is 2.50. The summed E-state index contributed by atoms with van der Waals surface area (Å²) in [5.74, 6) is -1.05. The quantitative estimate of drug-likeness (QED) is 0.143. The first-order chi connectivity index (χ1) is 18.3. The molecule has 2 atom stereocenters. The molecule has 38 heavy (non-hydrogen) atoms. The summed E-state index contributed by atoms with van der Waals surface area (Å²) < 4.78 is 1.72. The van der Waals surface area contributed by atoms with Crippen molar-refractivity contribution >= 4 is 52.3 Å². The number of nitrogens with one attached hydrogen (secondary N) is 4. The zero-order valence-corrected chi connectivity index (χ0v) is 22.4. The predicted molar refractivity (Wildman–Crippen MR) is 144 cm³/mol. The van der Waals surface area contributed by atoms with Gasteiger partial charge in [-0.15, -0.1) is 11.3 Å². The highest BCUT2D eigenvalue weighted by Crippen LogP contribution is 2.35. The van der Waals surface area contributed by atoms with Gasteiger partial charge in [-0.25, -0.2) is 9.97 Å². The third-order valence-electron chi connectivity index (χ3n) is 6.29. The lowest BCUT2D eigenvalue weighted by molar-refractivity contribution is -0.122. The van der Waals surface area contributed by atoms with Crippen LogP contribution in [0.25, 0.3) is 5.65 Å². The Balaban J connectivity index is 1.41. The second-order valence-corrected chi connectivity index (χ2v) is 10.3. The number of carbonyl (C=O) groups excluding carboxylic acids is 3. The summed E-state index contributed by atoms with van der Waals surface area (Å²) >= 11 is 7.37. The first kappa shape index (κ1) is 27.3. The first-order valence-electron chi connectivity index (χ1n) is 12.3.